The number of carbonyl (C=O) groups is 2. The van der Waals surface area contributed by atoms with Gasteiger partial charge in [-0.1, -0.05) is 31.5 Å². The lowest BCUT2D eigenvalue weighted by molar-refractivity contribution is -0.120. The maximum Gasteiger partial charge on any atom is 0.319 e. The number of urea groups is 1. The van der Waals surface area contributed by atoms with Gasteiger partial charge in [0.15, 0.2) is 0 Å². The average Bonchev–Trinajstić information content (AvgIpc) is 2.45. The van der Waals surface area contributed by atoms with Gasteiger partial charge in [-0.05, 0) is 31.9 Å². The Morgan fingerprint density at radius 1 is 1.10 bits per heavy atom. The van der Waals surface area contributed by atoms with Gasteiger partial charge >= 0.3 is 6.03 Å². The molecule has 1 aromatic rings. The van der Waals surface area contributed by atoms with Gasteiger partial charge in [0.05, 0.1) is 6.54 Å². The zero-order valence-corrected chi connectivity index (χ0v) is 12.3. The van der Waals surface area contributed by atoms with E-state index in [1.165, 1.54) is 0 Å². The van der Waals surface area contributed by atoms with E-state index in [-0.39, 0.29) is 24.5 Å². The summed E-state index contributed by atoms with van der Waals surface area (Å²) < 4.78 is 0. The number of nitrogens with one attached hydrogen (secondary N) is 3. The molecular formula is C15H23N3O2. The number of amides is 3. The van der Waals surface area contributed by atoms with Crippen molar-refractivity contribution in [2.24, 2.45) is 0 Å². The third-order valence-corrected chi connectivity index (χ3v) is 3.07. The highest BCUT2D eigenvalue weighted by atomic mass is 16.2. The van der Waals surface area contributed by atoms with E-state index in [1.54, 1.807) is 0 Å². The maximum atomic E-state index is 11.6. The fraction of sp³-hybridized carbons (Fsp3) is 0.467. The van der Waals surface area contributed by atoms with Crippen LogP contribution < -0.4 is 16.0 Å². The van der Waals surface area contributed by atoms with E-state index in [2.05, 4.69) is 16.0 Å². The molecule has 0 spiro atoms. The van der Waals surface area contributed by atoms with Crippen molar-refractivity contribution in [3.05, 3.63) is 29.8 Å². The van der Waals surface area contributed by atoms with Crippen LogP contribution >= 0.6 is 0 Å². The normalized spacial score (nSPS) is 10.2. The van der Waals surface area contributed by atoms with Gasteiger partial charge < -0.3 is 16.0 Å². The minimum atomic E-state index is -0.381. The molecule has 0 fully saturated rings. The van der Waals surface area contributed by atoms with Crippen LogP contribution in [0, 0.1) is 6.92 Å². The summed E-state index contributed by atoms with van der Waals surface area (Å²) in [4.78, 5) is 23.2. The van der Waals surface area contributed by atoms with Crippen molar-refractivity contribution in [1.82, 2.24) is 10.6 Å². The molecule has 110 valence electrons. The van der Waals surface area contributed by atoms with Crippen LogP contribution in [0.5, 0.6) is 0 Å². The predicted octanol–water partition coefficient (Wildman–Crippen LogP) is 2.42. The van der Waals surface area contributed by atoms with Crippen LogP contribution in [0.3, 0.4) is 0 Å². The number of aryl methyl sites for hydroxylation is 1. The van der Waals surface area contributed by atoms with Gasteiger partial charge in [-0.15, -0.1) is 0 Å². The summed E-state index contributed by atoms with van der Waals surface area (Å²) in [5, 5.41) is 8.07. The third kappa shape index (κ3) is 5.73. The number of anilines is 1. The second-order valence-corrected chi connectivity index (χ2v) is 4.75. The predicted molar refractivity (Wildman–Crippen MR) is 80.7 cm³/mol. The van der Waals surface area contributed by atoms with Gasteiger partial charge in [-0.25, -0.2) is 4.79 Å². The van der Waals surface area contributed by atoms with Gasteiger partial charge in [0.1, 0.15) is 0 Å². The molecule has 0 heterocycles. The van der Waals surface area contributed by atoms with Gasteiger partial charge in [-0.3, -0.25) is 4.79 Å². The molecule has 0 aliphatic carbocycles. The Bertz CT molecular complexity index is 439. The molecule has 0 aliphatic heterocycles. The summed E-state index contributed by atoms with van der Waals surface area (Å²) in [7, 11) is 0. The van der Waals surface area contributed by atoms with Crippen LogP contribution in [0.2, 0.25) is 0 Å². The number of hydrogen-bond donors (Lipinski definition) is 3. The first-order chi connectivity index (χ1) is 9.55. The molecular weight excluding hydrogens is 254 g/mol. The first-order valence-corrected chi connectivity index (χ1v) is 6.96. The van der Waals surface area contributed by atoms with Gasteiger partial charge in [0, 0.05) is 11.7 Å². The number of carbonyl (C=O) groups excluding carboxylic acids is 2. The molecule has 0 aromatic heterocycles. The highest BCUT2D eigenvalue weighted by Crippen LogP contribution is 2.07. The lowest BCUT2D eigenvalue weighted by atomic mass is 10.2. The van der Waals surface area contributed by atoms with Crippen LogP contribution in [-0.2, 0) is 4.79 Å². The standard InChI is InChI=1S/C15H23N3O2/c1-4-12(5-2)17-14(19)10-16-15(20)18-13-8-6-11(3)7-9-13/h6-9,12H,4-5,10H2,1-3H3,(H,17,19)(H2,16,18,20). The minimum Gasteiger partial charge on any atom is -0.352 e. The van der Waals surface area contributed by atoms with Crippen molar-refractivity contribution in [2.75, 3.05) is 11.9 Å². The van der Waals surface area contributed by atoms with Crippen LogP contribution in [0.15, 0.2) is 24.3 Å². The number of rotatable bonds is 6. The molecule has 3 amide bonds. The van der Waals surface area contributed by atoms with E-state index in [9.17, 15) is 9.59 Å². The monoisotopic (exact) mass is 277 g/mol. The van der Waals surface area contributed by atoms with Gasteiger partial charge in [0.25, 0.3) is 0 Å². The summed E-state index contributed by atoms with van der Waals surface area (Å²) in [6.45, 7) is 6.00. The largest absolute Gasteiger partial charge is 0.352 e. The zero-order chi connectivity index (χ0) is 15.0. The highest BCUT2D eigenvalue weighted by Gasteiger charge is 2.09. The van der Waals surface area contributed by atoms with Crippen molar-refractivity contribution >= 4 is 17.6 Å². The fourth-order valence-electron chi connectivity index (χ4n) is 1.74. The summed E-state index contributed by atoms with van der Waals surface area (Å²) in [5.74, 6) is -0.169. The van der Waals surface area contributed by atoms with E-state index in [0.717, 1.165) is 18.4 Å². The molecule has 5 heteroatoms. The summed E-state index contributed by atoms with van der Waals surface area (Å²) >= 11 is 0. The molecule has 1 aromatic carbocycles. The molecule has 1 rings (SSSR count). The van der Waals surface area contributed by atoms with Crippen molar-refractivity contribution in [2.45, 2.75) is 39.7 Å². The molecule has 3 N–H and O–H groups in total. The van der Waals surface area contributed by atoms with E-state index in [0.29, 0.717) is 5.69 Å². The van der Waals surface area contributed by atoms with E-state index in [4.69, 9.17) is 0 Å². The van der Waals surface area contributed by atoms with Crippen LogP contribution in [0.25, 0.3) is 0 Å². The van der Waals surface area contributed by atoms with Crippen molar-refractivity contribution in [3.63, 3.8) is 0 Å². The Balaban J connectivity index is 2.32. The van der Waals surface area contributed by atoms with Crippen molar-refractivity contribution in [1.29, 1.82) is 0 Å². The minimum absolute atomic E-state index is 0.0196. The van der Waals surface area contributed by atoms with E-state index < -0.39 is 0 Å². The first-order valence-electron chi connectivity index (χ1n) is 6.96. The molecule has 0 bridgehead atoms. The molecule has 0 atom stereocenters. The van der Waals surface area contributed by atoms with Crippen LogP contribution in [-0.4, -0.2) is 24.5 Å². The zero-order valence-electron chi connectivity index (χ0n) is 12.3. The molecule has 0 radical (unpaired) electrons. The summed E-state index contributed by atoms with van der Waals surface area (Å²) in [6, 6.07) is 7.25. The number of hydrogen-bond acceptors (Lipinski definition) is 2. The lowest BCUT2D eigenvalue weighted by Gasteiger charge is -2.15. The summed E-state index contributed by atoms with van der Waals surface area (Å²) in [6.07, 6.45) is 1.77. The molecule has 0 saturated heterocycles. The topological polar surface area (TPSA) is 70.2 Å². The Morgan fingerprint density at radius 3 is 2.25 bits per heavy atom. The smallest absolute Gasteiger partial charge is 0.319 e. The Hall–Kier alpha value is -2.04. The molecule has 0 saturated carbocycles. The molecule has 5 nitrogen and oxygen atoms in total. The molecule has 0 aliphatic rings. The number of benzene rings is 1. The van der Waals surface area contributed by atoms with Gasteiger partial charge in [-0.2, -0.15) is 0 Å². The molecule has 20 heavy (non-hydrogen) atoms. The first kappa shape index (κ1) is 16.0. The third-order valence-electron chi connectivity index (χ3n) is 3.07. The second-order valence-electron chi connectivity index (χ2n) is 4.75. The van der Waals surface area contributed by atoms with Crippen LogP contribution in [0.4, 0.5) is 10.5 Å². The second kappa shape index (κ2) is 8.19. The maximum absolute atomic E-state index is 11.6. The summed E-state index contributed by atoms with van der Waals surface area (Å²) in [5.41, 5.74) is 1.83. The van der Waals surface area contributed by atoms with Crippen molar-refractivity contribution in [3.8, 4) is 0 Å². The van der Waals surface area contributed by atoms with Crippen molar-refractivity contribution < 1.29 is 9.59 Å². The Kier molecular flexibility index (Phi) is 6.56. The SMILES string of the molecule is CCC(CC)NC(=O)CNC(=O)Nc1ccc(C)cc1. The highest BCUT2D eigenvalue weighted by molar-refractivity contribution is 5.92. The van der Waals surface area contributed by atoms with E-state index >= 15 is 0 Å². The average molecular weight is 277 g/mol. The van der Waals surface area contributed by atoms with E-state index in [1.807, 2.05) is 45.0 Å². The van der Waals surface area contributed by atoms with Crippen LogP contribution in [0.1, 0.15) is 32.3 Å². The Labute approximate surface area is 120 Å². The quantitative estimate of drug-likeness (QED) is 0.747. The molecule has 0 unspecified atom stereocenters. The Morgan fingerprint density at radius 2 is 1.70 bits per heavy atom. The lowest BCUT2D eigenvalue weighted by Crippen LogP contribution is -2.42. The fourth-order valence-corrected chi connectivity index (χ4v) is 1.74. The van der Waals surface area contributed by atoms with Gasteiger partial charge in [0.2, 0.25) is 5.91 Å².